The number of nitrogens with two attached hydrogens (primary N) is 1. The average molecular weight is 490 g/mol. The van der Waals surface area contributed by atoms with Crippen molar-refractivity contribution in [2.45, 2.75) is 70.8 Å². The Hall–Kier alpha value is -3.44. The fourth-order valence-corrected chi connectivity index (χ4v) is 3.67. The number of amides is 3. The number of hydrogen-bond donors (Lipinski definition) is 7. The number of aromatic amines is 1. The van der Waals surface area contributed by atoms with Crippen LogP contribution in [-0.4, -0.2) is 69.2 Å². The zero-order valence-electron chi connectivity index (χ0n) is 20.4. The van der Waals surface area contributed by atoms with Crippen LogP contribution in [-0.2, 0) is 25.6 Å². The highest BCUT2D eigenvalue weighted by molar-refractivity contribution is 5.94. The molecule has 2 aromatic rings. The molecule has 0 saturated heterocycles. The number of para-hydroxylation sites is 1. The summed E-state index contributed by atoms with van der Waals surface area (Å²) < 4.78 is 0. The fourth-order valence-electron chi connectivity index (χ4n) is 3.67. The second-order valence-corrected chi connectivity index (χ2v) is 9.16. The first-order chi connectivity index (χ1) is 16.4. The molecule has 1 aromatic heterocycles. The molecule has 8 N–H and O–H groups in total. The van der Waals surface area contributed by atoms with E-state index in [9.17, 15) is 24.3 Å². The third-order valence-electron chi connectivity index (χ3n) is 5.59. The summed E-state index contributed by atoms with van der Waals surface area (Å²) in [7, 11) is 0. The van der Waals surface area contributed by atoms with Crippen molar-refractivity contribution in [3.05, 3.63) is 36.0 Å². The van der Waals surface area contributed by atoms with E-state index in [1.807, 2.05) is 38.1 Å². The Morgan fingerprint density at radius 1 is 0.971 bits per heavy atom. The van der Waals surface area contributed by atoms with Gasteiger partial charge >= 0.3 is 5.97 Å². The van der Waals surface area contributed by atoms with Gasteiger partial charge in [-0.2, -0.15) is 0 Å². The number of aliphatic carboxylic acids is 1. The SMILES string of the molecule is CC(C)CC(N)C(=O)NC(Cc1c[nH]c2ccccc12)C(=O)NC(C)C(=O)NC(C(=O)O)C(C)O. The zero-order valence-corrected chi connectivity index (χ0v) is 20.4. The van der Waals surface area contributed by atoms with Crippen LogP contribution < -0.4 is 21.7 Å². The molecule has 192 valence electrons. The van der Waals surface area contributed by atoms with Crippen molar-refractivity contribution in [3.63, 3.8) is 0 Å². The monoisotopic (exact) mass is 489 g/mol. The van der Waals surface area contributed by atoms with Crippen LogP contribution in [0.3, 0.4) is 0 Å². The van der Waals surface area contributed by atoms with E-state index in [0.717, 1.165) is 16.5 Å². The van der Waals surface area contributed by atoms with E-state index >= 15 is 0 Å². The highest BCUT2D eigenvalue weighted by atomic mass is 16.4. The molecule has 0 saturated carbocycles. The van der Waals surface area contributed by atoms with Crippen LogP contribution in [0.25, 0.3) is 10.9 Å². The largest absolute Gasteiger partial charge is 0.480 e. The third kappa shape index (κ3) is 7.79. The van der Waals surface area contributed by atoms with Gasteiger partial charge in [0.05, 0.1) is 12.1 Å². The molecule has 0 aliphatic rings. The third-order valence-corrected chi connectivity index (χ3v) is 5.59. The van der Waals surface area contributed by atoms with Gasteiger partial charge in [0.1, 0.15) is 12.1 Å². The summed E-state index contributed by atoms with van der Waals surface area (Å²) in [6.07, 6.45) is 0.981. The maximum Gasteiger partial charge on any atom is 0.328 e. The van der Waals surface area contributed by atoms with Crippen molar-refractivity contribution >= 4 is 34.6 Å². The molecule has 0 fully saturated rings. The summed E-state index contributed by atoms with van der Waals surface area (Å²) in [5.74, 6) is -3.14. The predicted octanol–water partition coefficient (Wildman–Crippen LogP) is 0.0235. The maximum atomic E-state index is 13.1. The van der Waals surface area contributed by atoms with Crippen molar-refractivity contribution in [1.29, 1.82) is 0 Å². The first-order valence-electron chi connectivity index (χ1n) is 11.5. The minimum atomic E-state index is -1.53. The summed E-state index contributed by atoms with van der Waals surface area (Å²) in [6, 6.07) is 3.00. The first-order valence-corrected chi connectivity index (χ1v) is 11.5. The number of nitrogens with one attached hydrogen (secondary N) is 4. The number of carbonyl (C=O) groups excluding carboxylic acids is 3. The van der Waals surface area contributed by atoms with Crippen LogP contribution in [0, 0.1) is 5.92 Å². The molecule has 3 amide bonds. The highest BCUT2D eigenvalue weighted by Gasteiger charge is 2.30. The molecule has 0 radical (unpaired) electrons. The molecule has 0 spiro atoms. The molecule has 1 heterocycles. The quantitative estimate of drug-likeness (QED) is 0.219. The number of carbonyl (C=O) groups is 4. The molecular weight excluding hydrogens is 454 g/mol. The molecule has 2 rings (SSSR count). The first kappa shape index (κ1) is 27.8. The standard InChI is InChI=1S/C24H35N5O6/c1-12(2)9-17(25)22(32)28-19(10-15-11-26-18-8-6-5-7-16(15)18)23(33)27-13(3)21(31)29-20(14(4)30)24(34)35/h5-8,11-14,17,19-20,26,30H,9-10,25H2,1-4H3,(H,27,33)(H,28,32)(H,29,31)(H,34,35). The van der Waals surface area contributed by atoms with Crippen molar-refractivity contribution in [2.24, 2.45) is 11.7 Å². The molecule has 0 bridgehead atoms. The van der Waals surface area contributed by atoms with Crippen molar-refractivity contribution in [3.8, 4) is 0 Å². The lowest BCUT2D eigenvalue weighted by Gasteiger charge is -2.24. The number of aliphatic hydroxyl groups excluding tert-OH is 1. The molecule has 11 nitrogen and oxygen atoms in total. The molecule has 5 atom stereocenters. The predicted molar refractivity (Wildman–Crippen MR) is 130 cm³/mol. The van der Waals surface area contributed by atoms with Gasteiger partial charge in [0, 0.05) is 23.5 Å². The van der Waals surface area contributed by atoms with Gasteiger partial charge in [0.25, 0.3) is 0 Å². The number of aliphatic hydroxyl groups is 1. The smallest absolute Gasteiger partial charge is 0.328 e. The summed E-state index contributed by atoms with van der Waals surface area (Å²) in [6.45, 7) is 6.47. The number of rotatable bonds is 12. The number of carboxylic acid groups (broad SMARTS) is 1. The van der Waals surface area contributed by atoms with Crippen LogP contribution in [0.4, 0.5) is 0 Å². The molecule has 5 unspecified atom stereocenters. The number of H-pyrrole nitrogens is 1. The number of benzene rings is 1. The topological polar surface area (TPSA) is 187 Å². The number of fused-ring (bicyclic) bond motifs is 1. The number of hydrogen-bond acceptors (Lipinski definition) is 6. The van der Waals surface area contributed by atoms with Crippen LogP contribution in [0.1, 0.15) is 39.7 Å². The second kappa shape index (κ2) is 12.3. The molecule has 0 aliphatic heterocycles. The lowest BCUT2D eigenvalue weighted by Crippen LogP contribution is -2.58. The van der Waals surface area contributed by atoms with E-state index in [-0.39, 0.29) is 12.3 Å². The van der Waals surface area contributed by atoms with Crippen molar-refractivity contribution < 1.29 is 29.4 Å². The van der Waals surface area contributed by atoms with E-state index in [2.05, 4.69) is 20.9 Å². The van der Waals surface area contributed by atoms with E-state index in [0.29, 0.717) is 6.42 Å². The Kier molecular flexibility index (Phi) is 9.78. The fraction of sp³-hybridized carbons (Fsp3) is 0.500. The van der Waals surface area contributed by atoms with E-state index in [1.54, 1.807) is 6.20 Å². The van der Waals surface area contributed by atoms with Crippen LogP contribution in [0.5, 0.6) is 0 Å². The van der Waals surface area contributed by atoms with Crippen LogP contribution in [0.2, 0.25) is 0 Å². The van der Waals surface area contributed by atoms with Gasteiger partial charge in [-0.05, 0) is 37.8 Å². The highest BCUT2D eigenvalue weighted by Crippen LogP contribution is 2.19. The van der Waals surface area contributed by atoms with E-state index in [1.165, 1.54) is 13.8 Å². The Morgan fingerprint density at radius 2 is 1.63 bits per heavy atom. The normalized spacial score (nSPS) is 15.6. The van der Waals surface area contributed by atoms with E-state index in [4.69, 9.17) is 10.8 Å². The maximum absolute atomic E-state index is 13.1. The van der Waals surface area contributed by atoms with Gasteiger partial charge in [-0.25, -0.2) is 4.79 Å². The Morgan fingerprint density at radius 3 is 2.23 bits per heavy atom. The van der Waals surface area contributed by atoms with Gasteiger partial charge in [-0.15, -0.1) is 0 Å². The Labute approximate surface area is 203 Å². The second-order valence-electron chi connectivity index (χ2n) is 9.16. The number of carboxylic acids is 1. The molecule has 0 aliphatic carbocycles. The van der Waals surface area contributed by atoms with Gasteiger partial charge in [0.2, 0.25) is 17.7 Å². The summed E-state index contributed by atoms with van der Waals surface area (Å²) in [5, 5.41) is 27.0. The van der Waals surface area contributed by atoms with Gasteiger partial charge in [-0.3, -0.25) is 14.4 Å². The van der Waals surface area contributed by atoms with Crippen LogP contribution >= 0.6 is 0 Å². The lowest BCUT2D eigenvalue weighted by atomic mass is 10.0. The van der Waals surface area contributed by atoms with Gasteiger partial charge < -0.3 is 36.9 Å². The molecule has 35 heavy (non-hydrogen) atoms. The van der Waals surface area contributed by atoms with Crippen LogP contribution in [0.15, 0.2) is 30.5 Å². The van der Waals surface area contributed by atoms with Gasteiger partial charge in [0.15, 0.2) is 6.04 Å². The lowest BCUT2D eigenvalue weighted by molar-refractivity contribution is -0.145. The Bertz CT molecular complexity index is 1050. The molecule has 11 heteroatoms. The van der Waals surface area contributed by atoms with Gasteiger partial charge in [-0.1, -0.05) is 32.0 Å². The average Bonchev–Trinajstić information content (AvgIpc) is 3.18. The van der Waals surface area contributed by atoms with Crippen molar-refractivity contribution in [1.82, 2.24) is 20.9 Å². The summed E-state index contributed by atoms with van der Waals surface area (Å²) in [4.78, 5) is 52.7. The van der Waals surface area contributed by atoms with Crippen molar-refractivity contribution in [2.75, 3.05) is 0 Å². The number of aromatic nitrogens is 1. The zero-order chi connectivity index (χ0) is 26.3. The van der Waals surface area contributed by atoms with E-state index < -0.39 is 54.0 Å². The minimum Gasteiger partial charge on any atom is -0.480 e. The summed E-state index contributed by atoms with van der Waals surface area (Å²) in [5.41, 5.74) is 7.66. The molecular formula is C24H35N5O6. The molecule has 1 aromatic carbocycles. The Balaban J connectivity index is 2.19. The minimum absolute atomic E-state index is 0.135. The summed E-state index contributed by atoms with van der Waals surface area (Å²) >= 11 is 0.